The van der Waals surface area contributed by atoms with Crippen LogP contribution in [0, 0.1) is 0 Å². The van der Waals surface area contributed by atoms with E-state index in [1.165, 1.54) is 0 Å². The number of hydrogen-bond acceptors (Lipinski definition) is 2. The van der Waals surface area contributed by atoms with Crippen molar-refractivity contribution in [3.63, 3.8) is 0 Å². The Morgan fingerprint density at radius 3 is 1.75 bits per heavy atom. The minimum Gasteiger partial charge on any atom is -0.386 e. The van der Waals surface area contributed by atoms with Crippen molar-refractivity contribution in [3.05, 3.63) is 0 Å². The lowest BCUT2D eigenvalue weighted by molar-refractivity contribution is 0.189. The molecule has 0 saturated carbocycles. The number of rotatable bonds is 5. The molecule has 96 valence electrons. The third-order valence-corrected chi connectivity index (χ3v) is 10.5. The first-order valence-corrected chi connectivity index (χ1v) is 8.82. The lowest BCUT2D eigenvalue weighted by atomic mass is 10.3. The number of amidine groups is 1. The SMILES string of the molecule is CC[Si](CC)(CC)C(C)(O)C(=NC)N(C)C. The maximum Gasteiger partial charge on any atom is 0.127 e. The largest absolute Gasteiger partial charge is 0.386 e. The van der Waals surface area contributed by atoms with Gasteiger partial charge in [0.05, 0.1) is 8.07 Å². The summed E-state index contributed by atoms with van der Waals surface area (Å²) >= 11 is 0. The molecule has 0 amide bonds. The van der Waals surface area contributed by atoms with Crippen LogP contribution in [0.2, 0.25) is 18.1 Å². The van der Waals surface area contributed by atoms with Crippen LogP contribution in [0.3, 0.4) is 0 Å². The Morgan fingerprint density at radius 1 is 1.19 bits per heavy atom. The third kappa shape index (κ3) is 2.48. The van der Waals surface area contributed by atoms with Gasteiger partial charge in [-0.15, -0.1) is 0 Å². The van der Waals surface area contributed by atoms with Crippen molar-refractivity contribution in [1.29, 1.82) is 0 Å². The van der Waals surface area contributed by atoms with Gasteiger partial charge in [-0.3, -0.25) is 4.99 Å². The van der Waals surface area contributed by atoms with Crippen LogP contribution < -0.4 is 0 Å². The summed E-state index contributed by atoms with van der Waals surface area (Å²) in [6.45, 7) is 8.57. The van der Waals surface area contributed by atoms with Gasteiger partial charge in [-0.2, -0.15) is 0 Å². The first-order chi connectivity index (χ1) is 7.32. The molecular weight excluding hydrogens is 216 g/mol. The predicted octanol–water partition coefficient (Wildman–Crippen LogP) is 2.38. The van der Waals surface area contributed by atoms with E-state index in [-0.39, 0.29) is 0 Å². The molecule has 0 aromatic carbocycles. The number of hydrogen-bond donors (Lipinski definition) is 1. The minimum atomic E-state index is -1.71. The summed E-state index contributed by atoms with van der Waals surface area (Å²) in [5, 5.41) is 10.2. The lowest BCUT2D eigenvalue weighted by Gasteiger charge is -2.44. The van der Waals surface area contributed by atoms with Crippen molar-refractivity contribution in [3.8, 4) is 0 Å². The lowest BCUT2D eigenvalue weighted by Crippen LogP contribution is -2.63. The van der Waals surface area contributed by atoms with Gasteiger partial charge in [0.2, 0.25) is 0 Å². The Hall–Kier alpha value is -0.353. The molecule has 0 fully saturated rings. The summed E-state index contributed by atoms with van der Waals surface area (Å²) in [6.07, 6.45) is 0. The van der Waals surface area contributed by atoms with Crippen LogP contribution in [0.4, 0.5) is 0 Å². The molecule has 16 heavy (non-hydrogen) atoms. The molecule has 1 unspecified atom stereocenters. The Balaban J connectivity index is 5.44. The van der Waals surface area contributed by atoms with Crippen LogP contribution in [0.1, 0.15) is 27.7 Å². The molecule has 0 aromatic heterocycles. The summed E-state index contributed by atoms with van der Waals surface area (Å²) in [4.78, 5) is 6.24. The molecule has 1 N–H and O–H groups in total. The van der Waals surface area contributed by atoms with E-state index in [4.69, 9.17) is 0 Å². The molecule has 0 rings (SSSR count). The summed E-state index contributed by atoms with van der Waals surface area (Å²) < 4.78 is 0. The smallest absolute Gasteiger partial charge is 0.127 e. The van der Waals surface area contributed by atoms with E-state index in [1.54, 1.807) is 7.05 Å². The zero-order valence-corrected chi connectivity index (χ0v) is 13.0. The van der Waals surface area contributed by atoms with E-state index in [0.29, 0.717) is 0 Å². The van der Waals surface area contributed by atoms with E-state index in [1.807, 2.05) is 25.9 Å². The van der Waals surface area contributed by atoms with Crippen molar-refractivity contribution in [2.45, 2.75) is 51.1 Å². The van der Waals surface area contributed by atoms with Gasteiger partial charge in [-0.25, -0.2) is 0 Å². The first-order valence-electron chi connectivity index (χ1n) is 6.19. The number of likely N-dealkylation sites (N-methyl/N-ethyl adjacent to an activating group) is 1. The van der Waals surface area contributed by atoms with Crippen LogP contribution in [0.25, 0.3) is 0 Å². The van der Waals surface area contributed by atoms with E-state index >= 15 is 0 Å². The van der Waals surface area contributed by atoms with Crippen molar-refractivity contribution in [2.75, 3.05) is 21.1 Å². The molecule has 3 nitrogen and oxygen atoms in total. The topological polar surface area (TPSA) is 35.8 Å². The zero-order valence-electron chi connectivity index (χ0n) is 12.0. The van der Waals surface area contributed by atoms with Crippen LogP contribution in [0.5, 0.6) is 0 Å². The standard InChI is InChI=1S/C12H28N2OSi/c1-8-16(9-2,10-3)12(4,15)11(13-5)14(6)7/h15H,8-10H2,1-7H3. The van der Waals surface area contributed by atoms with Crippen molar-refractivity contribution in [2.24, 2.45) is 4.99 Å². The molecule has 0 heterocycles. The highest BCUT2D eigenvalue weighted by Crippen LogP contribution is 2.33. The van der Waals surface area contributed by atoms with Crippen LogP contribution >= 0.6 is 0 Å². The van der Waals surface area contributed by atoms with E-state index in [2.05, 4.69) is 25.8 Å². The Bertz CT molecular complexity index is 237. The first kappa shape index (κ1) is 15.6. The molecule has 0 radical (unpaired) electrons. The average Bonchev–Trinajstić information content (AvgIpc) is 2.20. The summed E-state index contributed by atoms with van der Waals surface area (Å²) in [6, 6.07) is 3.29. The molecular formula is C12H28N2OSi. The van der Waals surface area contributed by atoms with Gasteiger partial charge in [0.25, 0.3) is 0 Å². The van der Waals surface area contributed by atoms with Crippen LogP contribution in [0.15, 0.2) is 4.99 Å². The Labute approximate surface area is 102 Å². The molecule has 0 aliphatic rings. The second-order valence-electron chi connectivity index (χ2n) is 4.85. The van der Waals surface area contributed by atoms with Gasteiger partial charge < -0.3 is 10.0 Å². The molecule has 0 bridgehead atoms. The summed E-state index contributed by atoms with van der Waals surface area (Å²) in [5.41, 5.74) is 0. The zero-order chi connectivity index (χ0) is 13.0. The quantitative estimate of drug-likeness (QED) is 0.458. The van der Waals surface area contributed by atoms with E-state index in [0.717, 1.165) is 24.0 Å². The van der Waals surface area contributed by atoms with Crippen molar-refractivity contribution < 1.29 is 5.11 Å². The van der Waals surface area contributed by atoms with Gasteiger partial charge in [0.15, 0.2) is 0 Å². The fourth-order valence-electron chi connectivity index (χ4n) is 2.87. The van der Waals surface area contributed by atoms with Gasteiger partial charge in [0.1, 0.15) is 11.1 Å². The predicted molar refractivity (Wildman–Crippen MR) is 74.9 cm³/mol. The number of nitrogens with zero attached hydrogens (tertiary/aromatic N) is 2. The summed E-state index contributed by atoms with van der Waals surface area (Å²) in [7, 11) is 3.97. The summed E-state index contributed by atoms with van der Waals surface area (Å²) in [5.74, 6) is 0.824. The molecule has 1 atom stereocenters. The molecule has 0 aromatic rings. The molecule has 0 aliphatic carbocycles. The maximum atomic E-state index is 10.9. The highest BCUT2D eigenvalue weighted by atomic mass is 28.3. The Morgan fingerprint density at radius 2 is 1.56 bits per heavy atom. The third-order valence-electron chi connectivity index (χ3n) is 4.13. The second kappa shape index (κ2) is 5.82. The molecule has 4 heteroatoms. The van der Waals surface area contributed by atoms with Gasteiger partial charge in [-0.05, 0) is 6.92 Å². The fourth-order valence-corrected chi connectivity index (χ4v) is 7.25. The number of aliphatic imine (C=N–C) groups is 1. The highest BCUT2D eigenvalue weighted by molar-refractivity contribution is 6.85. The fraction of sp³-hybridized carbons (Fsp3) is 0.917. The normalized spacial score (nSPS) is 17.1. The van der Waals surface area contributed by atoms with Gasteiger partial charge in [-0.1, -0.05) is 38.9 Å². The second-order valence-corrected chi connectivity index (χ2v) is 10.5. The highest BCUT2D eigenvalue weighted by Gasteiger charge is 2.49. The molecule has 0 saturated heterocycles. The molecule has 0 aliphatic heterocycles. The van der Waals surface area contributed by atoms with Gasteiger partial charge in [0, 0.05) is 21.1 Å². The van der Waals surface area contributed by atoms with E-state index in [9.17, 15) is 5.11 Å². The Kier molecular flexibility index (Phi) is 5.69. The van der Waals surface area contributed by atoms with Crippen molar-refractivity contribution in [1.82, 2.24) is 4.90 Å². The van der Waals surface area contributed by atoms with Crippen LogP contribution in [-0.4, -0.2) is 50.3 Å². The minimum absolute atomic E-state index is 0.733. The maximum absolute atomic E-state index is 10.9. The van der Waals surface area contributed by atoms with Crippen molar-refractivity contribution >= 4 is 13.9 Å². The molecule has 0 spiro atoms. The number of aliphatic hydroxyl groups is 1. The monoisotopic (exact) mass is 244 g/mol. The van der Waals surface area contributed by atoms with Crippen LogP contribution in [-0.2, 0) is 0 Å². The van der Waals surface area contributed by atoms with Gasteiger partial charge >= 0.3 is 0 Å². The van der Waals surface area contributed by atoms with E-state index < -0.39 is 13.3 Å². The average molecular weight is 244 g/mol.